The molecule has 1 aliphatic heterocycles. The summed E-state index contributed by atoms with van der Waals surface area (Å²) < 4.78 is 0. The van der Waals surface area contributed by atoms with Crippen molar-refractivity contribution in [3.63, 3.8) is 0 Å². The first kappa shape index (κ1) is 42.1. The Balaban J connectivity index is 1.70. The van der Waals surface area contributed by atoms with Crippen LogP contribution in [-0.2, 0) is 36.8 Å². The number of aliphatic imine (C=N–C) groups is 2. The van der Waals surface area contributed by atoms with Crippen molar-refractivity contribution in [3.8, 4) is 5.75 Å². The number of hydrogen-bond acceptors (Lipinski definition) is 9. The molecule has 3 aromatic rings. The zero-order chi connectivity index (χ0) is 40.6. The second-order valence-corrected chi connectivity index (χ2v) is 13.5. The minimum atomic E-state index is -1.17. The van der Waals surface area contributed by atoms with Crippen LogP contribution in [0.2, 0.25) is 0 Å². The van der Waals surface area contributed by atoms with E-state index < -0.39 is 60.1 Å². The number of Topliss-reactive ketones (excluding diaryl/α,β-unsaturated/α-hetero) is 1. The van der Waals surface area contributed by atoms with Gasteiger partial charge in [-0.2, -0.15) is 0 Å². The molecule has 0 radical (unpaired) electrons. The Bertz CT molecular complexity index is 1960. The number of phenols is 1. The topological polar surface area (TPSA) is 295 Å². The van der Waals surface area contributed by atoms with Crippen LogP contribution in [0.4, 0.5) is 0 Å². The number of benzene rings is 3. The van der Waals surface area contributed by atoms with Crippen LogP contribution in [-0.4, -0.2) is 90.2 Å². The average Bonchev–Trinajstić information content (AvgIpc) is 3.16. The molecule has 14 N–H and O–H groups in total. The maximum Gasteiger partial charge on any atom is 0.243 e. The third kappa shape index (κ3) is 13.3. The standard InChI is InChI=1S/C39H51N11O6/c1-23-21-46-29(8-4-16-44-38(40)41)36(55)49-30(9-5-17-45-39(42)43)37(56)50-32(20-25-10-13-26-6-2-3-7-27(26)18-25)35(54)47-22-33(52)48-31(34(23)53)19-24-11-14-28(51)15-12-24/h2-3,6-7,10-15,18,21,29-32,46,51H,4-5,8-9,16-17,19-20,22H2,1H3,(H,47,54)(H,48,52)(H,49,55)(H,50,56)(H4,40,41,44)(H4,42,43,45)/b23-21+/t29?,30-,31+,32-/m0/s1. The van der Waals surface area contributed by atoms with E-state index >= 15 is 0 Å². The maximum absolute atomic E-state index is 14.0. The van der Waals surface area contributed by atoms with E-state index in [-0.39, 0.29) is 62.0 Å². The summed E-state index contributed by atoms with van der Waals surface area (Å²) in [5.74, 6) is -3.19. The van der Waals surface area contributed by atoms with E-state index in [1.807, 2.05) is 42.5 Å². The van der Waals surface area contributed by atoms with Crippen molar-refractivity contribution >= 4 is 52.1 Å². The summed E-state index contributed by atoms with van der Waals surface area (Å²) in [5, 5.41) is 25.6. The molecule has 0 spiro atoms. The SMILES string of the molecule is C/C1=C\NC(CCCN=C(N)N)C(=O)N[C@@H](CCCN=C(N)N)C(=O)N[C@@H](Cc2ccc3ccccc3c2)C(=O)NCC(=O)N[C@H](Cc2ccc(O)cc2)C1=O. The lowest BCUT2D eigenvalue weighted by Gasteiger charge is -2.25. The fourth-order valence-corrected chi connectivity index (χ4v) is 6.11. The van der Waals surface area contributed by atoms with E-state index in [1.54, 1.807) is 12.1 Å². The fourth-order valence-electron chi connectivity index (χ4n) is 6.11. The number of amides is 4. The number of rotatable bonds is 12. The molecule has 4 amide bonds. The molecule has 3 aromatic carbocycles. The highest BCUT2D eigenvalue weighted by molar-refractivity contribution is 6.02. The van der Waals surface area contributed by atoms with Crippen molar-refractivity contribution < 1.29 is 29.1 Å². The lowest BCUT2D eigenvalue weighted by atomic mass is 9.98. The van der Waals surface area contributed by atoms with Gasteiger partial charge in [-0.25, -0.2) is 0 Å². The molecule has 0 aromatic heterocycles. The molecule has 0 bridgehead atoms. The van der Waals surface area contributed by atoms with Gasteiger partial charge in [-0.15, -0.1) is 0 Å². The average molecular weight is 770 g/mol. The van der Waals surface area contributed by atoms with E-state index in [0.29, 0.717) is 18.4 Å². The molecule has 1 aliphatic rings. The molecule has 17 nitrogen and oxygen atoms in total. The minimum Gasteiger partial charge on any atom is -0.508 e. The molecule has 4 atom stereocenters. The Morgan fingerprint density at radius 3 is 1.91 bits per heavy atom. The van der Waals surface area contributed by atoms with Gasteiger partial charge in [-0.3, -0.25) is 34.0 Å². The van der Waals surface area contributed by atoms with Gasteiger partial charge in [0.25, 0.3) is 0 Å². The van der Waals surface area contributed by atoms with Crippen molar-refractivity contribution in [2.75, 3.05) is 19.6 Å². The van der Waals surface area contributed by atoms with E-state index in [0.717, 1.165) is 16.3 Å². The molecule has 0 fully saturated rings. The summed E-state index contributed by atoms with van der Waals surface area (Å²) in [6.45, 7) is 1.42. The molecule has 298 valence electrons. The van der Waals surface area contributed by atoms with Crippen molar-refractivity contribution in [1.29, 1.82) is 0 Å². The number of aromatic hydroxyl groups is 1. The van der Waals surface area contributed by atoms with Crippen LogP contribution < -0.4 is 49.5 Å². The van der Waals surface area contributed by atoms with Gasteiger partial charge in [-0.05, 0) is 66.6 Å². The Hall–Kier alpha value is -6.65. The molecule has 17 heteroatoms. The summed E-state index contributed by atoms with van der Waals surface area (Å²) in [6, 6.07) is 15.2. The Morgan fingerprint density at radius 1 is 0.679 bits per heavy atom. The zero-order valence-electron chi connectivity index (χ0n) is 31.3. The number of nitrogens with two attached hydrogens (primary N) is 4. The summed E-state index contributed by atoms with van der Waals surface area (Å²) in [6.07, 6.45) is 2.47. The fraction of sp³-hybridized carbons (Fsp3) is 0.359. The molecule has 1 unspecified atom stereocenters. The number of guanidine groups is 2. The molecule has 0 saturated carbocycles. The third-order valence-electron chi connectivity index (χ3n) is 9.07. The summed E-state index contributed by atoms with van der Waals surface area (Å²) in [4.78, 5) is 76.9. The van der Waals surface area contributed by atoms with Crippen molar-refractivity contribution in [3.05, 3.63) is 89.6 Å². The van der Waals surface area contributed by atoms with Crippen LogP contribution >= 0.6 is 0 Å². The summed E-state index contributed by atoms with van der Waals surface area (Å²) in [7, 11) is 0. The third-order valence-corrected chi connectivity index (χ3v) is 9.07. The van der Waals surface area contributed by atoms with E-state index in [9.17, 15) is 29.1 Å². The number of ketones is 1. The van der Waals surface area contributed by atoms with Crippen LogP contribution in [0, 0.1) is 0 Å². The van der Waals surface area contributed by atoms with Gasteiger partial charge in [0.05, 0.1) is 12.6 Å². The molecular weight excluding hydrogens is 718 g/mol. The lowest BCUT2D eigenvalue weighted by molar-refractivity contribution is -0.133. The summed E-state index contributed by atoms with van der Waals surface area (Å²) in [5.41, 5.74) is 23.5. The predicted molar refractivity (Wildman–Crippen MR) is 214 cm³/mol. The maximum atomic E-state index is 14.0. The van der Waals surface area contributed by atoms with Crippen LogP contribution in [0.3, 0.4) is 0 Å². The van der Waals surface area contributed by atoms with Crippen LogP contribution in [0.15, 0.2) is 88.5 Å². The number of nitrogens with one attached hydrogen (secondary N) is 5. The quantitative estimate of drug-likeness (QED) is 0.0634. The smallest absolute Gasteiger partial charge is 0.243 e. The summed E-state index contributed by atoms with van der Waals surface area (Å²) >= 11 is 0. The normalized spacial score (nSPS) is 20.9. The molecule has 4 rings (SSSR count). The monoisotopic (exact) mass is 769 g/mol. The highest BCUT2D eigenvalue weighted by Crippen LogP contribution is 2.18. The largest absolute Gasteiger partial charge is 0.508 e. The number of carbonyl (C=O) groups excluding carboxylic acids is 5. The van der Waals surface area contributed by atoms with Gasteiger partial charge in [0.1, 0.15) is 23.9 Å². The number of carbonyl (C=O) groups is 5. The number of nitrogens with zero attached hydrogens (tertiary/aromatic N) is 2. The van der Waals surface area contributed by atoms with Gasteiger partial charge < -0.3 is 54.6 Å². The molecule has 0 aliphatic carbocycles. The molecule has 1 heterocycles. The highest BCUT2D eigenvalue weighted by atomic mass is 16.3. The molecule has 0 saturated heterocycles. The van der Waals surface area contributed by atoms with Crippen molar-refractivity contribution in [2.45, 2.75) is 69.6 Å². The molecule has 56 heavy (non-hydrogen) atoms. The first-order chi connectivity index (χ1) is 26.8. The minimum absolute atomic E-state index is 0.0338. The number of fused-ring (bicyclic) bond motifs is 1. The van der Waals surface area contributed by atoms with Crippen LogP contribution in [0.1, 0.15) is 43.7 Å². The first-order valence-corrected chi connectivity index (χ1v) is 18.3. The Morgan fingerprint density at radius 2 is 1.25 bits per heavy atom. The second kappa shape index (κ2) is 20.7. The van der Waals surface area contributed by atoms with E-state index in [2.05, 4.69) is 36.6 Å². The van der Waals surface area contributed by atoms with Gasteiger partial charge in [-0.1, -0.05) is 54.6 Å². The van der Waals surface area contributed by atoms with Crippen molar-refractivity contribution in [1.82, 2.24) is 26.6 Å². The van der Waals surface area contributed by atoms with Gasteiger partial charge in [0, 0.05) is 37.7 Å². The second-order valence-electron chi connectivity index (χ2n) is 13.5. The number of hydrogen-bond donors (Lipinski definition) is 10. The Labute approximate surface area is 324 Å². The zero-order valence-corrected chi connectivity index (χ0v) is 31.3. The molecular formula is C39H51N11O6. The Kier molecular flexibility index (Phi) is 15.6. The first-order valence-electron chi connectivity index (χ1n) is 18.3. The van der Waals surface area contributed by atoms with Crippen LogP contribution in [0.25, 0.3) is 10.8 Å². The predicted octanol–water partition coefficient (Wildman–Crippen LogP) is -0.547. The van der Waals surface area contributed by atoms with Gasteiger partial charge >= 0.3 is 0 Å². The van der Waals surface area contributed by atoms with Gasteiger partial charge in [0.2, 0.25) is 23.6 Å². The van der Waals surface area contributed by atoms with E-state index in [4.69, 9.17) is 22.9 Å². The lowest BCUT2D eigenvalue weighted by Crippen LogP contribution is -2.57. The highest BCUT2D eigenvalue weighted by Gasteiger charge is 2.30. The van der Waals surface area contributed by atoms with Gasteiger partial charge in [0.15, 0.2) is 17.7 Å². The van der Waals surface area contributed by atoms with Crippen LogP contribution in [0.5, 0.6) is 5.75 Å². The van der Waals surface area contributed by atoms with Crippen molar-refractivity contribution in [2.24, 2.45) is 32.9 Å². The number of phenolic OH excluding ortho intramolecular Hbond substituents is 1. The van der Waals surface area contributed by atoms with E-state index in [1.165, 1.54) is 25.3 Å².